The molecule has 6 nitrogen and oxygen atoms in total. The standard InChI is InChI=1S/C27H25N3O3S.ClH/c1-16-13-22-24(14-17(16)2)34-27(28-22)30(12-11-29(3)4)25(31)21-15-20-19-8-6-5-7-18(19)9-10-23(20)33-26(21)32;/h5-10,13-15H,11-12H2,1-4H3;1H. The summed E-state index contributed by atoms with van der Waals surface area (Å²) in [6.07, 6.45) is 0. The zero-order valence-corrected chi connectivity index (χ0v) is 21.6. The van der Waals surface area contributed by atoms with E-state index in [2.05, 4.69) is 13.0 Å². The number of aromatic nitrogens is 1. The van der Waals surface area contributed by atoms with Crippen LogP contribution in [0.3, 0.4) is 0 Å². The molecule has 0 radical (unpaired) electrons. The molecule has 0 aliphatic heterocycles. The van der Waals surface area contributed by atoms with Crippen LogP contribution in [0.1, 0.15) is 21.5 Å². The predicted octanol–water partition coefficient (Wildman–Crippen LogP) is 5.80. The maximum atomic E-state index is 13.8. The second kappa shape index (κ2) is 9.77. The lowest BCUT2D eigenvalue weighted by Crippen LogP contribution is -2.38. The molecule has 0 saturated carbocycles. The Labute approximate surface area is 213 Å². The van der Waals surface area contributed by atoms with Gasteiger partial charge in [-0.3, -0.25) is 9.69 Å². The molecule has 0 unspecified atom stereocenters. The zero-order valence-electron chi connectivity index (χ0n) is 20.0. The van der Waals surface area contributed by atoms with Gasteiger partial charge in [0.2, 0.25) is 0 Å². The molecule has 0 spiro atoms. The van der Waals surface area contributed by atoms with Crippen LogP contribution in [0.5, 0.6) is 0 Å². The van der Waals surface area contributed by atoms with Crippen LogP contribution in [0.15, 0.2) is 63.8 Å². The summed E-state index contributed by atoms with van der Waals surface area (Å²) in [6.45, 7) is 5.14. The highest BCUT2D eigenvalue weighted by atomic mass is 35.5. The summed E-state index contributed by atoms with van der Waals surface area (Å²) in [4.78, 5) is 35.0. The number of amides is 1. The molecular formula is C27H26ClN3O3S. The van der Waals surface area contributed by atoms with Crippen LogP contribution in [0.4, 0.5) is 5.13 Å². The normalized spacial score (nSPS) is 11.3. The number of aryl methyl sites for hydroxylation is 2. The summed E-state index contributed by atoms with van der Waals surface area (Å²) in [5, 5.41) is 3.26. The molecular weight excluding hydrogens is 482 g/mol. The van der Waals surface area contributed by atoms with Gasteiger partial charge < -0.3 is 9.32 Å². The molecule has 0 saturated heterocycles. The molecule has 0 aliphatic rings. The summed E-state index contributed by atoms with van der Waals surface area (Å²) in [7, 11) is 3.90. The highest BCUT2D eigenvalue weighted by Gasteiger charge is 2.25. The van der Waals surface area contributed by atoms with Gasteiger partial charge in [-0.1, -0.05) is 41.7 Å². The van der Waals surface area contributed by atoms with Gasteiger partial charge in [-0.05, 0) is 74.1 Å². The molecule has 2 heterocycles. The number of hydrogen-bond acceptors (Lipinski definition) is 6. The highest BCUT2D eigenvalue weighted by molar-refractivity contribution is 7.22. The van der Waals surface area contributed by atoms with E-state index in [1.807, 2.05) is 62.3 Å². The molecule has 0 aliphatic carbocycles. The van der Waals surface area contributed by atoms with Gasteiger partial charge >= 0.3 is 5.63 Å². The Balaban J connectivity index is 0.00000289. The summed E-state index contributed by atoms with van der Waals surface area (Å²) in [6, 6.07) is 17.3. The molecule has 8 heteroatoms. The van der Waals surface area contributed by atoms with Crippen molar-refractivity contribution in [3.63, 3.8) is 0 Å². The van der Waals surface area contributed by atoms with Gasteiger partial charge in [0, 0.05) is 18.5 Å². The van der Waals surface area contributed by atoms with Gasteiger partial charge in [-0.25, -0.2) is 9.78 Å². The Morgan fingerprint density at radius 2 is 1.71 bits per heavy atom. The third-order valence-corrected chi connectivity index (χ3v) is 7.15. The maximum absolute atomic E-state index is 13.8. The van der Waals surface area contributed by atoms with Crippen molar-refractivity contribution in [2.24, 2.45) is 0 Å². The first-order valence-corrected chi connectivity index (χ1v) is 11.9. The van der Waals surface area contributed by atoms with Crippen molar-refractivity contribution in [1.82, 2.24) is 9.88 Å². The van der Waals surface area contributed by atoms with Crippen LogP contribution >= 0.6 is 23.7 Å². The fourth-order valence-electron chi connectivity index (χ4n) is 4.03. The minimum absolute atomic E-state index is 0. The van der Waals surface area contributed by atoms with E-state index < -0.39 is 11.5 Å². The molecule has 0 N–H and O–H groups in total. The number of benzene rings is 3. The van der Waals surface area contributed by atoms with E-state index in [-0.39, 0.29) is 18.0 Å². The van der Waals surface area contributed by atoms with Gasteiger partial charge in [0.1, 0.15) is 11.1 Å². The summed E-state index contributed by atoms with van der Waals surface area (Å²) < 4.78 is 6.60. The average Bonchev–Trinajstić information content (AvgIpc) is 3.20. The van der Waals surface area contributed by atoms with Crippen LogP contribution in [0.2, 0.25) is 0 Å². The van der Waals surface area contributed by atoms with Crippen LogP contribution in [0, 0.1) is 13.8 Å². The van der Waals surface area contributed by atoms with Crippen molar-refractivity contribution in [1.29, 1.82) is 0 Å². The minimum Gasteiger partial charge on any atom is -0.422 e. The second-order valence-corrected chi connectivity index (χ2v) is 9.82. The van der Waals surface area contributed by atoms with E-state index in [1.54, 1.807) is 17.0 Å². The lowest BCUT2D eigenvalue weighted by molar-refractivity contribution is 0.0982. The monoisotopic (exact) mass is 507 g/mol. The first-order chi connectivity index (χ1) is 16.3. The largest absolute Gasteiger partial charge is 0.422 e. The topological polar surface area (TPSA) is 66.7 Å². The molecule has 2 aromatic heterocycles. The van der Waals surface area contributed by atoms with E-state index in [1.165, 1.54) is 16.9 Å². The average molecular weight is 508 g/mol. The van der Waals surface area contributed by atoms with Gasteiger partial charge in [0.25, 0.3) is 5.91 Å². The number of carbonyl (C=O) groups is 1. The summed E-state index contributed by atoms with van der Waals surface area (Å²) in [5.74, 6) is -0.405. The molecule has 0 bridgehead atoms. The number of anilines is 1. The zero-order chi connectivity index (χ0) is 24.0. The molecule has 1 amide bonds. The van der Waals surface area contributed by atoms with Crippen molar-refractivity contribution in [3.8, 4) is 0 Å². The third-order valence-electron chi connectivity index (χ3n) is 6.11. The number of carbonyl (C=O) groups excluding carboxylic acids is 1. The van der Waals surface area contributed by atoms with Gasteiger partial charge in [-0.2, -0.15) is 0 Å². The number of thiazole rings is 1. The molecule has 0 fully saturated rings. The van der Waals surface area contributed by atoms with E-state index in [0.717, 1.165) is 31.9 Å². The fourth-order valence-corrected chi connectivity index (χ4v) is 5.10. The molecule has 5 aromatic rings. The fraction of sp³-hybridized carbons (Fsp3) is 0.222. The Kier molecular flexibility index (Phi) is 6.94. The highest BCUT2D eigenvalue weighted by Crippen LogP contribution is 2.32. The number of hydrogen-bond donors (Lipinski definition) is 0. The van der Waals surface area contributed by atoms with Crippen LogP contribution in [-0.2, 0) is 0 Å². The molecule has 0 atom stereocenters. The summed E-state index contributed by atoms with van der Waals surface area (Å²) in [5.41, 5.74) is 3.01. The Bertz CT molecular complexity index is 1580. The lowest BCUT2D eigenvalue weighted by Gasteiger charge is -2.21. The van der Waals surface area contributed by atoms with Gasteiger partial charge in [-0.15, -0.1) is 12.4 Å². The van der Waals surface area contributed by atoms with Crippen molar-refractivity contribution < 1.29 is 9.21 Å². The van der Waals surface area contributed by atoms with Crippen LogP contribution < -0.4 is 10.5 Å². The number of fused-ring (bicyclic) bond motifs is 4. The predicted molar refractivity (Wildman–Crippen MR) is 147 cm³/mol. The van der Waals surface area contributed by atoms with Gasteiger partial charge in [0.15, 0.2) is 5.13 Å². The number of nitrogens with zero attached hydrogens (tertiary/aromatic N) is 3. The number of likely N-dealkylation sites (N-methyl/N-ethyl adjacent to an activating group) is 1. The van der Waals surface area contributed by atoms with Crippen molar-refractivity contribution in [2.75, 3.05) is 32.1 Å². The van der Waals surface area contributed by atoms with Crippen molar-refractivity contribution in [3.05, 3.63) is 81.7 Å². The molecule has 3 aromatic carbocycles. The first kappa shape index (κ1) is 24.9. The smallest absolute Gasteiger partial charge is 0.349 e. The summed E-state index contributed by atoms with van der Waals surface area (Å²) >= 11 is 1.46. The van der Waals surface area contributed by atoms with E-state index in [0.29, 0.717) is 23.8 Å². The Morgan fingerprint density at radius 1 is 0.971 bits per heavy atom. The molecule has 5 rings (SSSR count). The third kappa shape index (κ3) is 4.67. The number of rotatable bonds is 5. The van der Waals surface area contributed by atoms with Gasteiger partial charge in [0.05, 0.1) is 10.2 Å². The Hall–Kier alpha value is -3.26. The van der Waals surface area contributed by atoms with E-state index in [4.69, 9.17) is 9.40 Å². The quantitative estimate of drug-likeness (QED) is 0.222. The molecule has 35 heavy (non-hydrogen) atoms. The first-order valence-electron chi connectivity index (χ1n) is 11.1. The van der Waals surface area contributed by atoms with Crippen LogP contribution in [0.25, 0.3) is 32.0 Å². The molecule has 180 valence electrons. The second-order valence-electron chi connectivity index (χ2n) is 8.81. The Morgan fingerprint density at radius 3 is 2.49 bits per heavy atom. The van der Waals surface area contributed by atoms with E-state index in [9.17, 15) is 9.59 Å². The lowest BCUT2D eigenvalue weighted by atomic mass is 10.0. The van der Waals surface area contributed by atoms with Crippen molar-refractivity contribution >= 4 is 66.7 Å². The van der Waals surface area contributed by atoms with Crippen molar-refractivity contribution in [2.45, 2.75) is 13.8 Å². The maximum Gasteiger partial charge on any atom is 0.349 e. The number of halogens is 1. The van der Waals surface area contributed by atoms with E-state index >= 15 is 0 Å². The van der Waals surface area contributed by atoms with Crippen LogP contribution in [-0.4, -0.2) is 43.0 Å². The minimum atomic E-state index is -0.643. The SMILES string of the molecule is Cc1cc2nc(N(CCN(C)C)C(=O)c3cc4c(ccc5ccccc54)oc3=O)sc2cc1C.Cl.